The molecule has 128 valence electrons. The molecule has 1 aromatic heterocycles. The molecule has 0 aliphatic carbocycles. The molecule has 7 heteroatoms. The van der Waals surface area contributed by atoms with Crippen molar-refractivity contribution in [2.24, 2.45) is 0 Å². The van der Waals surface area contributed by atoms with E-state index < -0.39 is 23.7 Å². The number of urea groups is 1. The van der Waals surface area contributed by atoms with Crippen LogP contribution in [0.4, 0.5) is 25.0 Å². The number of anilines is 2. The van der Waals surface area contributed by atoms with Gasteiger partial charge in [-0.3, -0.25) is 14.8 Å². The fourth-order valence-corrected chi connectivity index (χ4v) is 3.17. The van der Waals surface area contributed by atoms with Crippen molar-refractivity contribution in [2.45, 2.75) is 6.04 Å². The predicted octanol–water partition coefficient (Wildman–Crippen LogP) is 3.85. The number of fused-ring (bicyclic) bond motifs is 1. The maximum Gasteiger partial charge on any atom is 0.330 e. The molecule has 0 unspecified atom stereocenters. The first-order valence-corrected chi connectivity index (χ1v) is 7.87. The minimum absolute atomic E-state index is 0.00144. The van der Waals surface area contributed by atoms with Gasteiger partial charge in [0.2, 0.25) is 0 Å². The second kappa shape index (κ2) is 6.08. The molecule has 5 nitrogen and oxygen atoms in total. The van der Waals surface area contributed by atoms with Gasteiger partial charge in [0, 0.05) is 23.0 Å². The van der Waals surface area contributed by atoms with E-state index in [-0.39, 0.29) is 12.2 Å². The lowest BCUT2D eigenvalue weighted by atomic mass is 10.1. The molecule has 0 bridgehead atoms. The summed E-state index contributed by atoms with van der Waals surface area (Å²) in [6.45, 7) is 0.00144. The summed E-state index contributed by atoms with van der Waals surface area (Å²) < 4.78 is 27.1. The number of hydrogen-bond acceptors (Lipinski definition) is 3. The maximum absolute atomic E-state index is 13.5. The summed E-state index contributed by atoms with van der Waals surface area (Å²) in [7, 11) is 0. The van der Waals surface area contributed by atoms with Gasteiger partial charge in [-0.1, -0.05) is 24.3 Å². The highest BCUT2D eigenvalue weighted by molar-refractivity contribution is 6.11. The summed E-state index contributed by atoms with van der Waals surface area (Å²) >= 11 is 0. The van der Waals surface area contributed by atoms with Crippen LogP contribution in [0.2, 0.25) is 0 Å². The van der Waals surface area contributed by atoms with Crippen LogP contribution in [0.15, 0.2) is 54.9 Å². The number of hydrogen-bond donors (Lipinski definition) is 0. The number of halogens is 2. The lowest BCUT2D eigenvalue weighted by molar-refractivity contribution is 0.255. The highest BCUT2D eigenvalue weighted by Crippen LogP contribution is 2.33. The minimum Gasteiger partial charge on any atom is -0.291 e. The van der Waals surface area contributed by atoms with E-state index >= 15 is 0 Å². The smallest absolute Gasteiger partial charge is 0.291 e. The molecule has 26 heavy (non-hydrogen) atoms. The van der Waals surface area contributed by atoms with Gasteiger partial charge < -0.3 is 0 Å². The second-order valence-corrected chi connectivity index (χ2v) is 5.92. The van der Waals surface area contributed by atoms with Crippen LogP contribution in [-0.2, 0) is 0 Å². The van der Waals surface area contributed by atoms with Gasteiger partial charge >= 0.3 is 6.03 Å². The van der Waals surface area contributed by atoms with Crippen LogP contribution in [0.3, 0.4) is 0 Å². The van der Waals surface area contributed by atoms with Crippen molar-refractivity contribution in [2.75, 3.05) is 16.3 Å². The van der Waals surface area contributed by atoms with Gasteiger partial charge in [0.05, 0.1) is 30.2 Å². The first kappa shape index (κ1) is 16.0. The van der Waals surface area contributed by atoms with Crippen LogP contribution in [0.5, 0.6) is 0 Å². The average Bonchev–Trinajstić information content (AvgIpc) is 2.97. The van der Waals surface area contributed by atoms with Crippen LogP contribution < -0.4 is 9.80 Å². The van der Waals surface area contributed by atoms with E-state index in [2.05, 4.69) is 11.1 Å². The van der Waals surface area contributed by atoms with Crippen LogP contribution in [0, 0.1) is 23.0 Å². The fraction of sp³-hybridized carbons (Fsp3) is 0.105. The summed E-state index contributed by atoms with van der Waals surface area (Å²) in [6.07, 6.45) is 3.18. The second-order valence-electron chi connectivity index (χ2n) is 5.92. The minimum atomic E-state index is -0.804. The number of benzene rings is 2. The zero-order valence-corrected chi connectivity index (χ0v) is 13.4. The van der Waals surface area contributed by atoms with Gasteiger partial charge in [0.1, 0.15) is 17.7 Å². The zero-order chi connectivity index (χ0) is 18.3. The average molecular weight is 350 g/mol. The number of amides is 2. The third kappa shape index (κ3) is 2.52. The zero-order valence-electron chi connectivity index (χ0n) is 13.4. The Bertz CT molecular complexity index is 1040. The van der Waals surface area contributed by atoms with Crippen LogP contribution in [-0.4, -0.2) is 23.6 Å². The third-order valence-electron chi connectivity index (χ3n) is 4.32. The number of rotatable bonds is 2. The maximum atomic E-state index is 13.5. The van der Waals surface area contributed by atoms with E-state index in [1.54, 1.807) is 6.20 Å². The number of pyridine rings is 1. The topological polar surface area (TPSA) is 60.2 Å². The molecule has 1 aliphatic rings. The lowest BCUT2D eigenvalue weighted by Gasteiger charge is -2.21. The molecular formula is C19H12F2N4O. The van der Waals surface area contributed by atoms with E-state index in [1.807, 2.05) is 24.3 Å². The SMILES string of the molecule is N#C[C@H]1CN(c2cc(F)cc(F)c2)C(=O)N1c1cncc2ccccc12. The van der Waals surface area contributed by atoms with Crippen molar-refractivity contribution in [3.8, 4) is 6.07 Å². The van der Waals surface area contributed by atoms with E-state index in [0.29, 0.717) is 5.69 Å². The number of nitriles is 1. The Morgan fingerprint density at radius 1 is 1.12 bits per heavy atom. The Morgan fingerprint density at radius 3 is 2.58 bits per heavy atom. The Balaban J connectivity index is 1.81. The summed E-state index contributed by atoms with van der Waals surface area (Å²) in [6, 6.07) is 11.0. The van der Waals surface area contributed by atoms with Gasteiger partial charge in [-0.15, -0.1) is 0 Å². The molecule has 2 heterocycles. The molecule has 0 spiro atoms. The van der Waals surface area contributed by atoms with E-state index in [9.17, 15) is 18.8 Å². The summed E-state index contributed by atoms with van der Waals surface area (Å²) in [5.74, 6) is -1.57. The molecule has 2 amide bonds. The van der Waals surface area contributed by atoms with E-state index in [0.717, 1.165) is 29.0 Å². The van der Waals surface area contributed by atoms with Gasteiger partial charge in [0.15, 0.2) is 0 Å². The molecule has 0 radical (unpaired) electrons. The lowest BCUT2D eigenvalue weighted by Crippen LogP contribution is -2.34. The first-order valence-electron chi connectivity index (χ1n) is 7.87. The van der Waals surface area contributed by atoms with Crippen molar-refractivity contribution >= 4 is 28.2 Å². The van der Waals surface area contributed by atoms with Gasteiger partial charge in [0.25, 0.3) is 0 Å². The van der Waals surface area contributed by atoms with E-state index in [4.69, 9.17) is 0 Å². The monoisotopic (exact) mass is 350 g/mol. The molecule has 2 aromatic carbocycles. The van der Waals surface area contributed by atoms with Crippen LogP contribution >= 0.6 is 0 Å². The molecule has 4 rings (SSSR count). The van der Waals surface area contributed by atoms with Crippen LogP contribution in [0.25, 0.3) is 10.8 Å². The fourth-order valence-electron chi connectivity index (χ4n) is 3.17. The first-order chi connectivity index (χ1) is 12.6. The van der Waals surface area contributed by atoms with Gasteiger partial charge in [-0.2, -0.15) is 5.26 Å². The highest BCUT2D eigenvalue weighted by Gasteiger charge is 2.40. The molecule has 1 atom stereocenters. The molecule has 0 N–H and O–H groups in total. The molecule has 1 fully saturated rings. The van der Waals surface area contributed by atoms with Crippen LogP contribution in [0.1, 0.15) is 0 Å². The van der Waals surface area contributed by atoms with Crippen molar-refractivity contribution in [3.63, 3.8) is 0 Å². The standard InChI is InChI=1S/C19H12F2N4O/c20-13-5-14(21)7-15(6-13)24-11-16(8-22)25(19(24)26)18-10-23-9-12-3-1-2-4-17(12)18/h1-7,9-10,16H,11H2/t16-/m0/s1. The molecule has 1 aliphatic heterocycles. The third-order valence-corrected chi connectivity index (χ3v) is 4.32. The van der Waals surface area contributed by atoms with Gasteiger partial charge in [-0.25, -0.2) is 13.6 Å². The Kier molecular flexibility index (Phi) is 3.73. The predicted molar refractivity (Wildman–Crippen MR) is 92.7 cm³/mol. The quantitative estimate of drug-likeness (QED) is 0.705. The normalized spacial score (nSPS) is 17.0. The molecular weight excluding hydrogens is 338 g/mol. The highest BCUT2D eigenvalue weighted by atomic mass is 19.1. The molecule has 3 aromatic rings. The van der Waals surface area contributed by atoms with Crippen molar-refractivity contribution in [1.82, 2.24) is 4.98 Å². The summed E-state index contributed by atoms with van der Waals surface area (Å²) in [5.41, 5.74) is 0.558. The molecule has 0 saturated carbocycles. The number of carbonyl (C=O) groups is 1. The molecule has 1 saturated heterocycles. The summed E-state index contributed by atoms with van der Waals surface area (Å²) in [5, 5.41) is 11.1. The largest absolute Gasteiger partial charge is 0.330 e. The number of carbonyl (C=O) groups excluding carboxylic acids is 1. The Labute approximate surface area is 147 Å². The van der Waals surface area contributed by atoms with Crippen molar-refractivity contribution in [1.29, 1.82) is 5.26 Å². The van der Waals surface area contributed by atoms with Gasteiger partial charge in [-0.05, 0) is 12.1 Å². The number of nitrogens with zero attached hydrogens (tertiary/aromatic N) is 4. The number of aromatic nitrogens is 1. The van der Waals surface area contributed by atoms with Crippen molar-refractivity contribution < 1.29 is 13.6 Å². The summed E-state index contributed by atoms with van der Waals surface area (Å²) in [4.78, 5) is 19.6. The van der Waals surface area contributed by atoms with E-state index in [1.165, 1.54) is 16.0 Å². The Morgan fingerprint density at radius 2 is 1.85 bits per heavy atom. The van der Waals surface area contributed by atoms with Crippen molar-refractivity contribution in [3.05, 3.63) is 66.5 Å². The Hall–Kier alpha value is -3.53.